The molecule has 0 saturated carbocycles. The number of rotatable bonds is 4. The Morgan fingerprint density at radius 1 is 1.24 bits per heavy atom. The number of nitrogens with one attached hydrogen (secondary N) is 2. The molecule has 10 heteroatoms. The topological polar surface area (TPSA) is 114 Å². The van der Waals surface area contributed by atoms with E-state index in [-0.39, 0.29) is 16.1 Å². The Balaban J connectivity index is 2.32. The predicted molar refractivity (Wildman–Crippen MR) is 77.9 cm³/mol. The van der Waals surface area contributed by atoms with Crippen LogP contribution >= 0.6 is 11.3 Å². The van der Waals surface area contributed by atoms with E-state index >= 15 is 0 Å². The average Bonchev–Trinajstić information content (AvgIpc) is 2.87. The number of aryl methyl sites for hydroxylation is 2. The van der Waals surface area contributed by atoms with Crippen LogP contribution in [-0.2, 0) is 14.8 Å². The normalized spacial score (nSPS) is 11.4. The Morgan fingerprint density at radius 3 is 2.43 bits per heavy atom. The van der Waals surface area contributed by atoms with Crippen LogP contribution in [0.3, 0.4) is 0 Å². The van der Waals surface area contributed by atoms with Crippen molar-refractivity contribution < 1.29 is 17.7 Å². The SMILES string of the molecule is CC(=O)Nc1sc(S(=O)(=O)Nc2onc(C)c2C)nc1C. The summed E-state index contributed by atoms with van der Waals surface area (Å²) in [5.41, 5.74) is 1.64. The van der Waals surface area contributed by atoms with Gasteiger partial charge in [0.25, 0.3) is 10.0 Å². The lowest BCUT2D eigenvalue weighted by Gasteiger charge is -2.01. The maximum Gasteiger partial charge on any atom is 0.291 e. The Labute approximate surface area is 125 Å². The van der Waals surface area contributed by atoms with E-state index in [2.05, 4.69) is 20.2 Å². The van der Waals surface area contributed by atoms with Gasteiger partial charge in [-0.25, -0.2) is 9.71 Å². The number of amides is 1. The highest BCUT2D eigenvalue weighted by Crippen LogP contribution is 2.29. The summed E-state index contributed by atoms with van der Waals surface area (Å²) in [4.78, 5) is 15.0. The van der Waals surface area contributed by atoms with E-state index < -0.39 is 10.0 Å². The van der Waals surface area contributed by atoms with E-state index in [4.69, 9.17) is 4.52 Å². The number of sulfonamides is 1. The molecule has 0 aliphatic heterocycles. The first-order chi connectivity index (χ1) is 9.70. The Morgan fingerprint density at radius 2 is 1.90 bits per heavy atom. The number of hydrogen-bond acceptors (Lipinski definition) is 7. The van der Waals surface area contributed by atoms with Gasteiger partial charge in [-0.05, 0) is 20.8 Å². The largest absolute Gasteiger partial charge is 0.337 e. The van der Waals surface area contributed by atoms with E-state index in [1.807, 2.05) is 0 Å². The Hall–Kier alpha value is -1.94. The summed E-state index contributed by atoms with van der Waals surface area (Å²) >= 11 is 0.871. The summed E-state index contributed by atoms with van der Waals surface area (Å²) in [5.74, 6) is -0.234. The van der Waals surface area contributed by atoms with Crippen LogP contribution in [-0.4, -0.2) is 24.5 Å². The molecule has 0 atom stereocenters. The van der Waals surface area contributed by atoms with Crippen molar-refractivity contribution >= 4 is 38.2 Å². The number of hydrogen-bond donors (Lipinski definition) is 2. The van der Waals surface area contributed by atoms with E-state index in [0.717, 1.165) is 11.3 Å². The first-order valence-electron chi connectivity index (χ1n) is 5.91. The summed E-state index contributed by atoms with van der Waals surface area (Å²) < 4.78 is 31.6. The molecule has 1 amide bonds. The van der Waals surface area contributed by atoms with Crippen molar-refractivity contribution in [1.82, 2.24) is 10.1 Å². The fourth-order valence-corrected chi connectivity index (χ4v) is 3.78. The summed E-state index contributed by atoms with van der Waals surface area (Å²) in [6, 6.07) is 0. The molecular formula is C11H14N4O4S2. The number of thiazole rings is 1. The molecule has 0 unspecified atom stereocenters. The van der Waals surface area contributed by atoms with Crippen molar-refractivity contribution in [2.45, 2.75) is 32.0 Å². The third-order valence-corrected chi connectivity index (χ3v) is 5.46. The van der Waals surface area contributed by atoms with Gasteiger partial charge >= 0.3 is 0 Å². The molecule has 0 aromatic carbocycles. The molecular weight excluding hydrogens is 316 g/mol. The van der Waals surface area contributed by atoms with Crippen LogP contribution in [0.5, 0.6) is 0 Å². The second-order valence-corrected chi connectivity index (χ2v) is 7.26. The van der Waals surface area contributed by atoms with E-state index in [9.17, 15) is 13.2 Å². The molecule has 0 saturated heterocycles. The molecule has 2 rings (SSSR count). The third kappa shape index (κ3) is 3.22. The maximum absolute atomic E-state index is 12.3. The minimum absolute atomic E-state index is 0.0569. The number of carbonyl (C=O) groups excluding carboxylic acids is 1. The van der Waals surface area contributed by atoms with Crippen LogP contribution in [0.4, 0.5) is 10.9 Å². The average molecular weight is 330 g/mol. The number of anilines is 2. The number of nitrogens with zero attached hydrogens (tertiary/aromatic N) is 2. The zero-order valence-corrected chi connectivity index (χ0v) is 13.5. The van der Waals surface area contributed by atoms with Crippen LogP contribution in [0.25, 0.3) is 0 Å². The molecule has 21 heavy (non-hydrogen) atoms. The fraction of sp³-hybridized carbons (Fsp3) is 0.364. The lowest BCUT2D eigenvalue weighted by molar-refractivity contribution is -0.114. The van der Waals surface area contributed by atoms with Crippen molar-refractivity contribution in [2.24, 2.45) is 0 Å². The Bertz CT molecular complexity index is 791. The summed E-state index contributed by atoms with van der Waals surface area (Å²) in [5, 5.41) is 6.61. The van der Waals surface area contributed by atoms with Crippen LogP contribution in [0.15, 0.2) is 8.86 Å². The highest BCUT2D eigenvalue weighted by atomic mass is 32.2. The van der Waals surface area contributed by atoms with Gasteiger partial charge in [-0.15, -0.1) is 0 Å². The van der Waals surface area contributed by atoms with Crippen LogP contribution < -0.4 is 10.0 Å². The van der Waals surface area contributed by atoms with E-state index in [0.29, 0.717) is 22.0 Å². The van der Waals surface area contributed by atoms with E-state index in [1.165, 1.54) is 6.92 Å². The number of carbonyl (C=O) groups is 1. The van der Waals surface area contributed by atoms with Gasteiger partial charge in [-0.1, -0.05) is 16.5 Å². The van der Waals surface area contributed by atoms with Gasteiger partial charge in [0.1, 0.15) is 5.00 Å². The minimum atomic E-state index is -3.89. The summed E-state index contributed by atoms with van der Waals surface area (Å²) in [7, 11) is -3.89. The summed E-state index contributed by atoms with van der Waals surface area (Å²) in [6.07, 6.45) is 0. The first kappa shape index (κ1) is 15.4. The van der Waals surface area contributed by atoms with Crippen molar-refractivity contribution in [3.8, 4) is 0 Å². The minimum Gasteiger partial charge on any atom is -0.337 e. The molecule has 0 aliphatic carbocycles. The lowest BCUT2D eigenvalue weighted by atomic mass is 10.3. The van der Waals surface area contributed by atoms with Crippen molar-refractivity contribution in [2.75, 3.05) is 10.0 Å². The van der Waals surface area contributed by atoms with Gasteiger partial charge < -0.3 is 9.84 Å². The van der Waals surface area contributed by atoms with Gasteiger partial charge in [-0.3, -0.25) is 4.79 Å². The molecule has 2 heterocycles. The van der Waals surface area contributed by atoms with Crippen LogP contribution in [0, 0.1) is 20.8 Å². The maximum atomic E-state index is 12.3. The quantitative estimate of drug-likeness (QED) is 0.883. The molecule has 0 radical (unpaired) electrons. The lowest BCUT2D eigenvalue weighted by Crippen LogP contribution is -2.12. The molecule has 0 fully saturated rings. The molecule has 8 nitrogen and oxygen atoms in total. The summed E-state index contributed by atoms with van der Waals surface area (Å²) in [6.45, 7) is 6.36. The van der Waals surface area contributed by atoms with Gasteiger partial charge in [-0.2, -0.15) is 8.42 Å². The smallest absolute Gasteiger partial charge is 0.291 e. The molecule has 2 aromatic heterocycles. The van der Waals surface area contributed by atoms with Crippen LogP contribution in [0.2, 0.25) is 0 Å². The van der Waals surface area contributed by atoms with Crippen LogP contribution in [0.1, 0.15) is 23.9 Å². The molecule has 114 valence electrons. The van der Waals surface area contributed by atoms with E-state index in [1.54, 1.807) is 20.8 Å². The second kappa shape index (κ2) is 5.45. The van der Waals surface area contributed by atoms with Crippen molar-refractivity contribution in [1.29, 1.82) is 0 Å². The predicted octanol–water partition coefficient (Wildman–Crippen LogP) is 1.82. The fourth-order valence-electron chi connectivity index (χ4n) is 1.44. The van der Waals surface area contributed by atoms with Gasteiger partial charge in [0.2, 0.25) is 16.1 Å². The van der Waals surface area contributed by atoms with Crippen molar-refractivity contribution in [3.05, 3.63) is 17.0 Å². The highest BCUT2D eigenvalue weighted by Gasteiger charge is 2.24. The van der Waals surface area contributed by atoms with Gasteiger partial charge in [0.15, 0.2) is 0 Å². The first-order valence-corrected chi connectivity index (χ1v) is 8.21. The number of aromatic nitrogens is 2. The van der Waals surface area contributed by atoms with Gasteiger partial charge in [0, 0.05) is 12.5 Å². The molecule has 2 aromatic rings. The molecule has 2 N–H and O–H groups in total. The monoisotopic (exact) mass is 330 g/mol. The molecule has 0 aliphatic rings. The Kier molecular flexibility index (Phi) is 4.01. The zero-order chi connectivity index (χ0) is 15.8. The standard InChI is InChI=1S/C11H14N4O4S2/c1-5-6(2)14-19-9(5)15-21(17,18)11-12-7(3)10(20-11)13-8(4)16/h15H,1-4H3,(H,13,16). The zero-order valence-electron chi connectivity index (χ0n) is 11.8. The molecule has 0 spiro atoms. The van der Waals surface area contributed by atoms with Gasteiger partial charge in [0.05, 0.1) is 11.4 Å². The highest BCUT2D eigenvalue weighted by molar-refractivity contribution is 7.94. The third-order valence-electron chi connectivity index (χ3n) is 2.68. The second-order valence-electron chi connectivity index (χ2n) is 4.40. The molecule has 0 bridgehead atoms. The van der Waals surface area contributed by atoms with Crippen molar-refractivity contribution in [3.63, 3.8) is 0 Å².